The molecule has 0 spiro atoms. The molecule has 5 nitrogen and oxygen atoms in total. The number of carbonyl (C=O) groups is 1. The second-order valence-corrected chi connectivity index (χ2v) is 6.55. The number of ether oxygens (including phenoxy) is 1. The zero-order valence-corrected chi connectivity index (χ0v) is 14.0. The molecule has 126 valence electrons. The van der Waals surface area contributed by atoms with Crippen LogP contribution in [-0.2, 0) is 16.1 Å². The Hall–Kier alpha value is -1.59. The van der Waals surface area contributed by atoms with Gasteiger partial charge in [0.15, 0.2) is 0 Å². The van der Waals surface area contributed by atoms with E-state index >= 15 is 0 Å². The van der Waals surface area contributed by atoms with Crippen LogP contribution in [0.5, 0.6) is 0 Å². The lowest BCUT2D eigenvalue weighted by atomic mass is 10.1. The van der Waals surface area contributed by atoms with E-state index in [-0.39, 0.29) is 5.91 Å². The van der Waals surface area contributed by atoms with Crippen molar-refractivity contribution >= 4 is 11.6 Å². The van der Waals surface area contributed by atoms with Crippen LogP contribution in [0.25, 0.3) is 0 Å². The third-order valence-electron chi connectivity index (χ3n) is 4.58. The third kappa shape index (κ3) is 4.69. The van der Waals surface area contributed by atoms with Crippen molar-refractivity contribution < 1.29 is 9.53 Å². The van der Waals surface area contributed by atoms with Gasteiger partial charge in [-0.1, -0.05) is 18.2 Å². The summed E-state index contributed by atoms with van der Waals surface area (Å²) in [5.74, 6) is 0.956. The Morgan fingerprint density at radius 1 is 1.30 bits per heavy atom. The number of anilines is 1. The lowest BCUT2D eigenvalue weighted by Crippen LogP contribution is -2.38. The van der Waals surface area contributed by atoms with Crippen LogP contribution in [0.3, 0.4) is 0 Å². The normalized spacial score (nSPS) is 18.0. The Balaban J connectivity index is 1.56. The van der Waals surface area contributed by atoms with Gasteiger partial charge < -0.3 is 19.9 Å². The van der Waals surface area contributed by atoms with E-state index in [1.54, 1.807) is 0 Å². The van der Waals surface area contributed by atoms with Crippen LogP contribution < -0.4 is 10.2 Å². The summed E-state index contributed by atoms with van der Waals surface area (Å²) in [4.78, 5) is 16.4. The lowest BCUT2D eigenvalue weighted by Gasteiger charge is -2.31. The summed E-state index contributed by atoms with van der Waals surface area (Å²) in [7, 11) is 1.89. The lowest BCUT2D eigenvalue weighted by molar-refractivity contribution is -0.129. The maximum absolute atomic E-state index is 12.3. The van der Waals surface area contributed by atoms with Crippen molar-refractivity contribution in [3.63, 3.8) is 0 Å². The molecule has 1 saturated heterocycles. The predicted octanol–water partition coefficient (Wildman–Crippen LogP) is 1.48. The van der Waals surface area contributed by atoms with Crippen LogP contribution in [0, 0.1) is 5.92 Å². The molecule has 0 radical (unpaired) electrons. The maximum atomic E-state index is 12.3. The van der Waals surface area contributed by atoms with Gasteiger partial charge in [-0.25, -0.2) is 0 Å². The summed E-state index contributed by atoms with van der Waals surface area (Å²) in [6, 6.07) is 8.37. The summed E-state index contributed by atoms with van der Waals surface area (Å²) in [6.45, 7) is 5.44. The highest BCUT2D eigenvalue weighted by Crippen LogP contribution is 2.27. The van der Waals surface area contributed by atoms with Crippen molar-refractivity contribution in [2.24, 2.45) is 5.92 Å². The fourth-order valence-corrected chi connectivity index (χ4v) is 2.94. The van der Waals surface area contributed by atoms with Crippen molar-refractivity contribution in [1.29, 1.82) is 0 Å². The van der Waals surface area contributed by atoms with Gasteiger partial charge in [-0.2, -0.15) is 0 Å². The molecule has 1 aromatic rings. The van der Waals surface area contributed by atoms with Crippen molar-refractivity contribution in [1.82, 2.24) is 10.2 Å². The standard InChI is InChI=1S/C18H27N3O2/c1-20(18(22)13-19-12-15-6-7-15)14-16-4-2-3-5-17(16)21-8-10-23-11-9-21/h2-5,15,19H,6-14H2,1H3. The molecule has 1 aromatic carbocycles. The molecule has 1 aliphatic carbocycles. The number of amides is 1. The summed E-state index contributed by atoms with van der Waals surface area (Å²) in [5.41, 5.74) is 2.42. The number of likely N-dealkylation sites (N-methyl/N-ethyl adjacent to an activating group) is 1. The molecule has 2 fully saturated rings. The summed E-state index contributed by atoms with van der Waals surface area (Å²) in [6.07, 6.45) is 2.62. The SMILES string of the molecule is CN(Cc1ccccc1N1CCOCC1)C(=O)CNCC1CC1. The van der Waals surface area contributed by atoms with E-state index < -0.39 is 0 Å². The number of nitrogens with one attached hydrogen (secondary N) is 1. The molecule has 1 saturated carbocycles. The largest absolute Gasteiger partial charge is 0.378 e. The Labute approximate surface area is 138 Å². The van der Waals surface area contributed by atoms with E-state index in [1.807, 2.05) is 18.0 Å². The number of rotatable bonds is 7. The summed E-state index contributed by atoms with van der Waals surface area (Å²) >= 11 is 0. The van der Waals surface area contributed by atoms with Crippen LogP contribution >= 0.6 is 0 Å². The highest BCUT2D eigenvalue weighted by molar-refractivity contribution is 5.78. The Bertz CT molecular complexity index is 525. The summed E-state index contributed by atoms with van der Waals surface area (Å²) in [5, 5.41) is 3.27. The van der Waals surface area contributed by atoms with Crippen molar-refractivity contribution in [3.05, 3.63) is 29.8 Å². The van der Waals surface area contributed by atoms with Gasteiger partial charge in [-0.15, -0.1) is 0 Å². The first-order valence-electron chi connectivity index (χ1n) is 8.59. The van der Waals surface area contributed by atoms with Crippen molar-refractivity contribution in [2.45, 2.75) is 19.4 Å². The van der Waals surface area contributed by atoms with E-state index in [0.29, 0.717) is 13.1 Å². The van der Waals surface area contributed by atoms with Gasteiger partial charge in [0.1, 0.15) is 0 Å². The first kappa shape index (κ1) is 16.3. The quantitative estimate of drug-likeness (QED) is 0.827. The fourth-order valence-electron chi connectivity index (χ4n) is 2.94. The van der Waals surface area contributed by atoms with Crippen LogP contribution in [0.1, 0.15) is 18.4 Å². The minimum absolute atomic E-state index is 0.155. The molecule has 1 N–H and O–H groups in total. The molecular weight excluding hydrogens is 290 g/mol. The third-order valence-corrected chi connectivity index (χ3v) is 4.58. The van der Waals surface area contributed by atoms with Crippen LogP contribution in [0.2, 0.25) is 0 Å². The second-order valence-electron chi connectivity index (χ2n) is 6.55. The molecule has 23 heavy (non-hydrogen) atoms. The number of para-hydroxylation sites is 1. The van der Waals surface area contributed by atoms with Gasteiger partial charge in [0.05, 0.1) is 19.8 Å². The minimum atomic E-state index is 0.155. The smallest absolute Gasteiger partial charge is 0.236 e. The topological polar surface area (TPSA) is 44.8 Å². The van der Waals surface area contributed by atoms with Gasteiger partial charge in [0.2, 0.25) is 5.91 Å². The van der Waals surface area contributed by atoms with Crippen molar-refractivity contribution in [2.75, 3.05) is 51.3 Å². The Morgan fingerprint density at radius 2 is 2.04 bits per heavy atom. The van der Waals surface area contributed by atoms with Gasteiger partial charge in [0.25, 0.3) is 0 Å². The Morgan fingerprint density at radius 3 is 2.78 bits per heavy atom. The number of hydrogen-bond acceptors (Lipinski definition) is 4. The molecule has 5 heteroatoms. The number of morpholine rings is 1. The molecule has 1 heterocycles. The highest BCUT2D eigenvalue weighted by atomic mass is 16.5. The zero-order chi connectivity index (χ0) is 16.1. The van der Waals surface area contributed by atoms with Gasteiger partial charge >= 0.3 is 0 Å². The molecule has 2 aliphatic rings. The fraction of sp³-hybridized carbons (Fsp3) is 0.611. The van der Waals surface area contributed by atoms with Gasteiger partial charge in [-0.3, -0.25) is 4.79 Å². The van der Waals surface area contributed by atoms with E-state index in [0.717, 1.165) is 38.8 Å². The average molecular weight is 317 g/mol. The number of benzene rings is 1. The van der Waals surface area contributed by atoms with Gasteiger partial charge in [0, 0.05) is 32.4 Å². The average Bonchev–Trinajstić information content (AvgIpc) is 3.40. The van der Waals surface area contributed by atoms with E-state index in [9.17, 15) is 4.79 Å². The molecule has 3 rings (SSSR count). The molecule has 0 aromatic heterocycles. The minimum Gasteiger partial charge on any atom is -0.378 e. The molecular formula is C18H27N3O2. The first-order valence-corrected chi connectivity index (χ1v) is 8.59. The molecule has 1 aliphatic heterocycles. The molecule has 1 amide bonds. The molecule has 0 unspecified atom stereocenters. The molecule has 0 atom stereocenters. The second kappa shape index (κ2) is 7.79. The van der Waals surface area contributed by atoms with Crippen LogP contribution in [0.4, 0.5) is 5.69 Å². The monoisotopic (exact) mass is 317 g/mol. The maximum Gasteiger partial charge on any atom is 0.236 e. The van der Waals surface area contributed by atoms with E-state index in [4.69, 9.17) is 4.74 Å². The predicted molar refractivity (Wildman–Crippen MR) is 91.5 cm³/mol. The number of carbonyl (C=O) groups excluding carboxylic acids is 1. The number of nitrogens with zero attached hydrogens (tertiary/aromatic N) is 2. The van der Waals surface area contributed by atoms with Crippen LogP contribution in [-0.4, -0.2) is 57.2 Å². The summed E-state index contributed by atoms with van der Waals surface area (Å²) < 4.78 is 5.43. The van der Waals surface area contributed by atoms with Crippen LogP contribution in [0.15, 0.2) is 24.3 Å². The van der Waals surface area contributed by atoms with Gasteiger partial charge in [-0.05, 0) is 36.9 Å². The molecule has 0 bridgehead atoms. The van der Waals surface area contributed by atoms with E-state index in [1.165, 1.54) is 24.1 Å². The Kier molecular flexibility index (Phi) is 5.51. The van der Waals surface area contributed by atoms with Crippen molar-refractivity contribution in [3.8, 4) is 0 Å². The van der Waals surface area contributed by atoms with E-state index in [2.05, 4.69) is 28.4 Å². The number of hydrogen-bond donors (Lipinski definition) is 1. The first-order chi connectivity index (χ1) is 11.2. The highest BCUT2D eigenvalue weighted by Gasteiger charge is 2.21. The zero-order valence-electron chi connectivity index (χ0n) is 14.0.